The molecule has 0 aromatic carbocycles. The fourth-order valence-corrected chi connectivity index (χ4v) is 1.87. The number of carboxylic acids is 1. The lowest BCUT2D eigenvalue weighted by Crippen LogP contribution is -2.36. The number of carbonyl (C=O) groups excluding carboxylic acids is 1. The van der Waals surface area contributed by atoms with E-state index in [2.05, 4.69) is 5.32 Å². The van der Waals surface area contributed by atoms with Gasteiger partial charge in [-0.3, -0.25) is 4.79 Å². The number of amides is 1. The second-order valence-electron chi connectivity index (χ2n) is 4.10. The van der Waals surface area contributed by atoms with Crippen LogP contribution in [0.4, 0.5) is 0 Å². The van der Waals surface area contributed by atoms with E-state index in [0.29, 0.717) is 6.04 Å². The summed E-state index contributed by atoms with van der Waals surface area (Å²) < 4.78 is 4.79. The van der Waals surface area contributed by atoms with Gasteiger partial charge in [0.2, 0.25) is 5.91 Å². The van der Waals surface area contributed by atoms with Crippen LogP contribution >= 0.6 is 0 Å². The molecular formula is C11H19NO4. The Balaban J connectivity index is 2.03. The predicted molar refractivity (Wildman–Crippen MR) is 58.1 cm³/mol. The number of ether oxygens (including phenoxy) is 1. The summed E-state index contributed by atoms with van der Waals surface area (Å²) in [4.78, 5) is 21.6. The number of nitrogens with one attached hydrogen (secondary N) is 1. The Bertz CT molecular complexity index is 236. The molecule has 0 spiro atoms. The van der Waals surface area contributed by atoms with Crippen LogP contribution in [0, 0.1) is 0 Å². The molecule has 1 aliphatic rings. The van der Waals surface area contributed by atoms with Gasteiger partial charge >= 0.3 is 5.97 Å². The molecule has 5 nitrogen and oxygen atoms in total. The Morgan fingerprint density at radius 3 is 2.56 bits per heavy atom. The molecule has 16 heavy (non-hydrogen) atoms. The van der Waals surface area contributed by atoms with E-state index in [0.717, 1.165) is 12.8 Å². The smallest absolute Gasteiger partial charge is 0.329 e. The third-order valence-electron chi connectivity index (χ3n) is 2.67. The second kappa shape index (κ2) is 7.22. The van der Waals surface area contributed by atoms with Crippen LogP contribution in [0.1, 0.15) is 38.5 Å². The minimum Gasteiger partial charge on any atom is -0.480 e. The minimum absolute atomic E-state index is 0.0442. The average molecular weight is 229 g/mol. The number of carbonyl (C=O) groups is 2. The normalized spacial score (nSPS) is 17.0. The van der Waals surface area contributed by atoms with Crippen LogP contribution in [0.5, 0.6) is 0 Å². The molecule has 1 saturated carbocycles. The van der Waals surface area contributed by atoms with Crippen molar-refractivity contribution >= 4 is 11.9 Å². The van der Waals surface area contributed by atoms with E-state index in [1.54, 1.807) is 0 Å². The van der Waals surface area contributed by atoms with Gasteiger partial charge in [0, 0.05) is 12.5 Å². The molecule has 0 saturated heterocycles. The number of hydrogen-bond donors (Lipinski definition) is 2. The lowest BCUT2D eigenvalue weighted by Gasteiger charge is -2.22. The molecule has 1 rings (SSSR count). The summed E-state index contributed by atoms with van der Waals surface area (Å²) in [6.45, 7) is -0.165. The Labute approximate surface area is 95.2 Å². The van der Waals surface area contributed by atoms with Crippen molar-refractivity contribution in [3.05, 3.63) is 0 Å². The molecule has 0 heterocycles. The van der Waals surface area contributed by atoms with E-state index in [9.17, 15) is 9.59 Å². The standard InChI is InChI=1S/C11H19NO4/c13-10(6-7-16-8-11(14)15)12-9-4-2-1-3-5-9/h9H,1-8H2,(H,12,13)(H,14,15). The summed E-state index contributed by atoms with van der Waals surface area (Å²) in [5.74, 6) is -1.05. The molecule has 1 amide bonds. The van der Waals surface area contributed by atoms with Gasteiger partial charge in [-0.15, -0.1) is 0 Å². The van der Waals surface area contributed by atoms with Gasteiger partial charge in [-0.25, -0.2) is 4.79 Å². The van der Waals surface area contributed by atoms with E-state index >= 15 is 0 Å². The molecule has 0 aromatic heterocycles. The first kappa shape index (κ1) is 13.0. The van der Waals surface area contributed by atoms with Gasteiger partial charge in [-0.2, -0.15) is 0 Å². The zero-order chi connectivity index (χ0) is 11.8. The van der Waals surface area contributed by atoms with Crippen molar-refractivity contribution in [2.24, 2.45) is 0 Å². The third-order valence-corrected chi connectivity index (χ3v) is 2.67. The predicted octanol–water partition coefficient (Wildman–Crippen LogP) is 0.927. The van der Waals surface area contributed by atoms with Crippen molar-refractivity contribution in [3.8, 4) is 0 Å². The van der Waals surface area contributed by atoms with E-state index in [1.165, 1.54) is 19.3 Å². The van der Waals surface area contributed by atoms with Crippen LogP contribution in [-0.4, -0.2) is 36.2 Å². The highest BCUT2D eigenvalue weighted by molar-refractivity contribution is 5.76. The lowest BCUT2D eigenvalue weighted by atomic mass is 9.95. The molecule has 0 unspecified atom stereocenters. The van der Waals surface area contributed by atoms with Gasteiger partial charge in [0.1, 0.15) is 6.61 Å². The molecule has 2 N–H and O–H groups in total. The first-order valence-electron chi connectivity index (χ1n) is 5.77. The van der Waals surface area contributed by atoms with Crippen molar-refractivity contribution in [2.45, 2.75) is 44.6 Å². The summed E-state index contributed by atoms with van der Waals surface area (Å²) in [5, 5.41) is 11.3. The summed E-state index contributed by atoms with van der Waals surface area (Å²) in [6.07, 6.45) is 5.97. The van der Waals surface area contributed by atoms with Gasteiger partial charge in [-0.1, -0.05) is 19.3 Å². The monoisotopic (exact) mass is 229 g/mol. The number of aliphatic carboxylic acids is 1. The SMILES string of the molecule is O=C(O)COCCC(=O)NC1CCCCC1. The molecule has 0 aromatic rings. The molecular weight excluding hydrogens is 210 g/mol. The van der Waals surface area contributed by atoms with E-state index in [1.807, 2.05) is 0 Å². The minimum atomic E-state index is -1.01. The number of carboxylic acid groups (broad SMARTS) is 1. The fourth-order valence-electron chi connectivity index (χ4n) is 1.87. The maximum atomic E-state index is 11.4. The van der Waals surface area contributed by atoms with Gasteiger partial charge < -0.3 is 15.2 Å². The van der Waals surface area contributed by atoms with Crippen LogP contribution in [-0.2, 0) is 14.3 Å². The highest BCUT2D eigenvalue weighted by Gasteiger charge is 2.15. The highest BCUT2D eigenvalue weighted by atomic mass is 16.5. The molecule has 0 aliphatic heterocycles. The van der Waals surface area contributed by atoms with Crippen LogP contribution in [0.3, 0.4) is 0 Å². The Morgan fingerprint density at radius 2 is 1.94 bits per heavy atom. The van der Waals surface area contributed by atoms with Crippen molar-refractivity contribution in [3.63, 3.8) is 0 Å². The molecule has 0 radical (unpaired) electrons. The zero-order valence-corrected chi connectivity index (χ0v) is 9.41. The second-order valence-corrected chi connectivity index (χ2v) is 4.10. The lowest BCUT2D eigenvalue weighted by molar-refractivity contribution is -0.143. The third kappa shape index (κ3) is 5.70. The van der Waals surface area contributed by atoms with Gasteiger partial charge in [0.15, 0.2) is 0 Å². The molecule has 0 bridgehead atoms. The molecule has 92 valence electrons. The Morgan fingerprint density at radius 1 is 1.25 bits per heavy atom. The van der Waals surface area contributed by atoms with Crippen molar-refractivity contribution in [1.29, 1.82) is 0 Å². The van der Waals surface area contributed by atoms with Gasteiger partial charge in [0.05, 0.1) is 6.61 Å². The van der Waals surface area contributed by atoms with Gasteiger partial charge in [-0.05, 0) is 12.8 Å². The van der Waals surface area contributed by atoms with Crippen LogP contribution < -0.4 is 5.32 Å². The summed E-state index contributed by atoms with van der Waals surface area (Å²) in [6, 6.07) is 0.306. The average Bonchev–Trinajstić information content (AvgIpc) is 2.25. The topological polar surface area (TPSA) is 75.6 Å². The zero-order valence-electron chi connectivity index (χ0n) is 9.41. The molecule has 1 fully saturated rings. The van der Waals surface area contributed by atoms with E-state index in [-0.39, 0.29) is 25.5 Å². The molecule has 5 heteroatoms. The van der Waals surface area contributed by atoms with E-state index in [4.69, 9.17) is 9.84 Å². The summed E-state index contributed by atoms with van der Waals surface area (Å²) in [5.41, 5.74) is 0. The number of rotatable bonds is 6. The first-order chi connectivity index (χ1) is 7.68. The Hall–Kier alpha value is -1.10. The first-order valence-corrected chi connectivity index (χ1v) is 5.77. The van der Waals surface area contributed by atoms with Crippen LogP contribution in [0.2, 0.25) is 0 Å². The van der Waals surface area contributed by atoms with Crippen LogP contribution in [0.15, 0.2) is 0 Å². The van der Waals surface area contributed by atoms with E-state index < -0.39 is 5.97 Å². The van der Waals surface area contributed by atoms with Crippen molar-refractivity contribution in [1.82, 2.24) is 5.32 Å². The largest absolute Gasteiger partial charge is 0.480 e. The van der Waals surface area contributed by atoms with Crippen LogP contribution in [0.25, 0.3) is 0 Å². The quantitative estimate of drug-likeness (QED) is 0.664. The van der Waals surface area contributed by atoms with Gasteiger partial charge in [0.25, 0.3) is 0 Å². The maximum Gasteiger partial charge on any atom is 0.329 e. The molecule has 1 aliphatic carbocycles. The summed E-state index contributed by atoms with van der Waals surface area (Å²) >= 11 is 0. The fraction of sp³-hybridized carbons (Fsp3) is 0.818. The van der Waals surface area contributed by atoms with Crippen molar-refractivity contribution < 1.29 is 19.4 Å². The number of hydrogen-bond acceptors (Lipinski definition) is 3. The summed E-state index contributed by atoms with van der Waals surface area (Å²) in [7, 11) is 0. The maximum absolute atomic E-state index is 11.4. The molecule has 0 atom stereocenters. The highest BCUT2D eigenvalue weighted by Crippen LogP contribution is 2.17. The van der Waals surface area contributed by atoms with Crippen molar-refractivity contribution in [2.75, 3.05) is 13.2 Å². The Kier molecular flexibility index (Phi) is 5.85.